The van der Waals surface area contributed by atoms with E-state index in [1.807, 2.05) is 29.6 Å². The molecule has 3 rings (SSSR count). The minimum Gasteiger partial charge on any atom is -0.357 e. The zero-order valence-electron chi connectivity index (χ0n) is 10.4. The normalized spacial score (nSPS) is 10.8. The van der Waals surface area contributed by atoms with Crippen LogP contribution in [0.4, 0.5) is 17.5 Å². The highest BCUT2D eigenvalue weighted by Crippen LogP contribution is 2.34. The van der Waals surface area contributed by atoms with Gasteiger partial charge in [-0.1, -0.05) is 17.7 Å². The molecule has 2 aromatic heterocycles. The Morgan fingerprint density at radius 3 is 2.90 bits per heavy atom. The summed E-state index contributed by atoms with van der Waals surface area (Å²) < 4.78 is 0.815. The van der Waals surface area contributed by atoms with E-state index in [1.54, 1.807) is 18.4 Å². The monoisotopic (exact) mass is 368 g/mol. The van der Waals surface area contributed by atoms with Crippen molar-refractivity contribution in [3.05, 3.63) is 39.1 Å². The van der Waals surface area contributed by atoms with Crippen LogP contribution in [-0.2, 0) is 0 Å². The van der Waals surface area contributed by atoms with Crippen molar-refractivity contribution in [2.45, 2.75) is 0 Å². The van der Waals surface area contributed by atoms with Crippen LogP contribution in [0.3, 0.4) is 0 Å². The molecular weight excluding hydrogens is 360 g/mol. The molecule has 7 heteroatoms. The van der Waals surface area contributed by atoms with Gasteiger partial charge in [0.25, 0.3) is 0 Å². The van der Waals surface area contributed by atoms with Crippen LogP contribution < -0.4 is 10.6 Å². The van der Waals surface area contributed by atoms with Gasteiger partial charge in [-0.15, -0.1) is 11.3 Å². The molecule has 0 fully saturated rings. The fourth-order valence-electron chi connectivity index (χ4n) is 1.79. The Bertz CT molecular complexity index is 774. The average molecular weight is 370 g/mol. The fraction of sp³-hybridized carbons (Fsp3) is 0.0769. The first-order valence-corrected chi connectivity index (χ1v) is 7.88. The van der Waals surface area contributed by atoms with Crippen molar-refractivity contribution >= 4 is 66.5 Å². The Labute approximate surface area is 133 Å². The molecule has 0 bridgehead atoms. The summed E-state index contributed by atoms with van der Waals surface area (Å²) in [4.78, 5) is 9.82. The maximum atomic E-state index is 6.11. The summed E-state index contributed by atoms with van der Waals surface area (Å²) in [6.45, 7) is 0. The molecule has 0 unspecified atom stereocenters. The van der Waals surface area contributed by atoms with Crippen LogP contribution in [0, 0.1) is 0 Å². The van der Waals surface area contributed by atoms with Gasteiger partial charge in [-0.2, -0.15) is 4.98 Å². The number of anilines is 3. The highest BCUT2D eigenvalue weighted by molar-refractivity contribution is 9.10. The van der Waals surface area contributed by atoms with Crippen molar-refractivity contribution in [1.82, 2.24) is 9.97 Å². The highest BCUT2D eigenvalue weighted by Gasteiger charge is 2.11. The van der Waals surface area contributed by atoms with Gasteiger partial charge < -0.3 is 10.6 Å². The van der Waals surface area contributed by atoms with E-state index in [-0.39, 0.29) is 0 Å². The summed E-state index contributed by atoms with van der Waals surface area (Å²) >= 11 is 11.2. The van der Waals surface area contributed by atoms with Crippen molar-refractivity contribution in [1.29, 1.82) is 0 Å². The van der Waals surface area contributed by atoms with Gasteiger partial charge in [0, 0.05) is 7.05 Å². The van der Waals surface area contributed by atoms with E-state index in [0.717, 1.165) is 26.2 Å². The summed E-state index contributed by atoms with van der Waals surface area (Å²) in [7, 11) is 1.80. The van der Waals surface area contributed by atoms with Gasteiger partial charge in [-0.25, -0.2) is 4.98 Å². The third-order valence-corrected chi connectivity index (χ3v) is 4.96. The Morgan fingerprint density at radius 2 is 2.10 bits per heavy atom. The zero-order chi connectivity index (χ0) is 14.1. The molecule has 2 N–H and O–H groups in total. The van der Waals surface area contributed by atoms with E-state index in [2.05, 4.69) is 36.5 Å². The van der Waals surface area contributed by atoms with Crippen molar-refractivity contribution < 1.29 is 0 Å². The molecule has 0 saturated heterocycles. The molecule has 20 heavy (non-hydrogen) atoms. The maximum absolute atomic E-state index is 6.11. The van der Waals surface area contributed by atoms with E-state index in [1.165, 1.54) is 0 Å². The average Bonchev–Trinajstić information content (AvgIpc) is 2.92. The van der Waals surface area contributed by atoms with E-state index >= 15 is 0 Å². The molecule has 0 atom stereocenters. The van der Waals surface area contributed by atoms with Crippen LogP contribution >= 0.6 is 38.9 Å². The van der Waals surface area contributed by atoms with Crippen LogP contribution in [0.15, 0.2) is 34.1 Å². The molecule has 0 aliphatic heterocycles. The molecule has 0 aliphatic rings. The van der Waals surface area contributed by atoms with Crippen LogP contribution in [0.2, 0.25) is 5.02 Å². The first-order chi connectivity index (χ1) is 9.69. The smallest absolute Gasteiger partial charge is 0.225 e. The largest absolute Gasteiger partial charge is 0.357 e. The predicted molar refractivity (Wildman–Crippen MR) is 89.4 cm³/mol. The summed E-state index contributed by atoms with van der Waals surface area (Å²) in [5, 5.41) is 9.91. The van der Waals surface area contributed by atoms with Crippen LogP contribution in [-0.4, -0.2) is 17.0 Å². The van der Waals surface area contributed by atoms with Gasteiger partial charge in [0.15, 0.2) is 0 Å². The summed E-state index contributed by atoms with van der Waals surface area (Å²) in [6, 6.07) is 7.66. The minimum absolute atomic E-state index is 0.584. The quantitative estimate of drug-likeness (QED) is 0.690. The van der Waals surface area contributed by atoms with Gasteiger partial charge in [0.2, 0.25) is 5.95 Å². The van der Waals surface area contributed by atoms with Crippen molar-refractivity contribution in [2.75, 3.05) is 17.7 Å². The molecule has 0 spiro atoms. The molecule has 1 aromatic carbocycles. The number of thiophene rings is 1. The molecule has 0 aliphatic carbocycles. The molecule has 2 heterocycles. The third-order valence-electron chi connectivity index (χ3n) is 2.75. The van der Waals surface area contributed by atoms with E-state index in [9.17, 15) is 0 Å². The molecule has 102 valence electrons. The molecule has 3 aromatic rings. The number of fused-ring (bicyclic) bond motifs is 1. The Balaban J connectivity index is 2.10. The molecule has 0 amide bonds. The number of benzene rings is 1. The van der Waals surface area contributed by atoms with Crippen LogP contribution in [0.25, 0.3) is 10.2 Å². The summed E-state index contributed by atoms with van der Waals surface area (Å²) in [6.07, 6.45) is 0. The lowest BCUT2D eigenvalue weighted by Crippen LogP contribution is -2.01. The SMILES string of the molecule is CNc1nc(Nc2cccc(Cl)c2Br)c2ccsc2n1. The lowest BCUT2D eigenvalue weighted by molar-refractivity contribution is 1.20. The second kappa shape index (κ2) is 5.55. The first kappa shape index (κ1) is 13.6. The van der Waals surface area contributed by atoms with Gasteiger partial charge in [-0.3, -0.25) is 0 Å². The number of nitrogens with one attached hydrogen (secondary N) is 2. The number of hydrogen-bond acceptors (Lipinski definition) is 5. The Hall–Kier alpha value is -1.37. The predicted octanol–water partition coefficient (Wildman–Crippen LogP) is 4.89. The second-order valence-corrected chi connectivity index (χ2v) is 6.11. The second-order valence-electron chi connectivity index (χ2n) is 4.01. The lowest BCUT2D eigenvalue weighted by atomic mass is 10.3. The van der Waals surface area contributed by atoms with E-state index in [4.69, 9.17) is 11.6 Å². The minimum atomic E-state index is 0.584. The number of rotatable bonds is 3. The number of nitrogens with zero attached hydrogens (tertiary/aromatic N) is 2. The molecular formula is C13H10BrClN4S. The van der Waals surface area contributed by atoms with Gasteiger partial charge >= 0.3 is 0 Å². The van der Waals surface area contributed by atoms with Gasteiger partial charge in [-0.05, 0) is 39.5 Å². The standard InChI is InChI=1S/C13H10BrClN4S/c1-16-13-18-11(7-5-6-20-12(7)19-13)17-9-4-2-3-8(15)10(9)14/h2-6H,1H3,(H2,16,17,18,19). The van der Waals surface area contributed by atoms with Crippen LogP contribution in [0.1, 0.15) is 0 Å². The Kier molecular flexibility index (Phi) is 3.78. The maximum Gasteiger partial charge on any atom is 0.225 e. The van der Waals surface area contributed by atoms with Crippen molar-refractivity contribution in [2.24, 2.45) is 0 Å². The van der Waals surface area contributed by atoms with E-state index in [0.29, 0.717) is 11.0 Å². The number of aromatic nitrogens is 2. The summed E-state index contributed by atoms with van der Waals surface area (Å²) in [5.74, 6) is 1.34. The lowest BCUT2D eigenvalue weighted by Gasteiger charge is -2.10. The molecule has 0 radical (unpaired) electrons. The first-order valence-electron chi connectivity index (χ1n) is 5.83. The summed E-state index contributed by atoms with van der Waals surface area (Å²) in [5.41, 5.74) is 0.866. The van der Waals surface area contributed by atoms with Gasteiger partial charge in [0.1, 0.15) is 10.6 Å². The number of halogens is 2. The Morgan fingerprint density at radius 1 is 1.25 bits per heavy atom. The zero-order valence-corrected chi connectivity index (χ0v) is 13.6. The fourth-order valence-corrected chi connectivity index (χ4v) is 3.09. The van der Waals surface area contributed by atoms with Crippen LogP contribution in [0.5, 0.6) is 0 Å². The third kappa shape index (κ3) is 2.46. The highest BCUT2D eigenvalue weighted by atomic mass is 79.9. The van der Waals surface area contributed by atoms with Gasteiger partial charge in [0.05, 0.1) is 20.6 Å². The number of hydrogen-bond donors (Lipinski definition) is 2. The van der Waals surface area contributed by atoms with Crippen molar-refractivity contribution in [3.63, 3.8) is 0 Å². The van der Waals surface area contributed by atoms with E-state index < -0.39 is 0 Å². The molecule has 0 saturated carbocycles. The molecule has 4 nitrogen and oxygen atoms in total. The topological polar surface area (TPSA) is 49.8 Å². The van der Waals surface area contributed by atoms with Crippen molar-refractivity contribution in [3.8, 4) is 0 Å².